The molecule has 0 aliphatic rings. The third kappa shape index (κ3) is 5.04. The van der Waals surface area contributed by atoms with Gasteiger partial charge >= 0.3 is 5.97 Å². The molecule has 0 aromatic heterocycles. The van der Waals surface area contributed by atoms with Gasteiger partial charge in [0.15, 0.2) is 0 Å². The molecule has 0 radical (unpaired) electrons. The van der Waals surface area contributed by atoms with E-state index in [-0.39, 0.29) is 28.9 Å². The van der Waals surface area contributed by atoms with Gasteiger partial charge in [-0.1, -0.05) is 30.3 Å². The summed E-state index contributed by atoms with van der Waals surface area (Å²) in [5.74, 6) is -0.444. The number of hydrogen-bond donors (Lipinski definition) is 1. The average Bonchev–Trinajstić information content (AvgIpc) is 2.59. The molecule has 6 nitrogen and oxygen atoms in total. The number of carbonyl (C=O) groups excluding carboxylic acids is 1. The van der Waals surface area contributed by atoms with Gasteiger partial charge in [0.1, 0.15) is 17.3 Å². The Morgan fingerprint density at radius 2 is 1.80 bits per heavy atom. The fraction of sp³-hybridized carbons (Fsp3) is 0.278. The molecule has 1 N–H and O–H groups in total. The van der Waals surface area contributed by atoms with Crippen molar-refractivity contribution in [3.8, 4) is 5.75 Å². The van der Waals surface area contributed by atoms with Crippen LogP contribution in [0.1, 0.15) is 29.8 Å². The zero-order valence-corrected chi connectivity index (χ0v) is 15.2. The van der Waals surface area contributed by atoms with E-state index < -0.39 is 16.0 Å². The molecule has 7 heteroatoms. The van der Waals surface area contributed by atoms with Crippen LogP contribution in [0.15, 0.2) is 53.4 Å². The zero-order chi connectivity index (χ0) is 18.4. The molecule has 0 heterocycles. The smallest absolute Gasteiger partial charge is 0.338 e. The van der Waals surface area contributed by atoms with E-state index in [2.05, 4.69) is 4.72 Å². The highest BCUT2D eigenvalue weighted by molar-refractivity contribution is 7.89. The number of nitrogens with one attached hydrogen (secondary N) is 1. The predicted molar refractivity (Wildman–Crippen MR) is 94.0 cm³/mol. The van der Waals surface area contributed by atoms with Crippen LogP contribution in [0.25, 0.3) is 0 Å². The second-order valence-electron chi connectivity index (χ2n) is 5.70. The first kappa shape index (κ1) is 19.0. The molecule has 134 valence electrons. The van der Waals surface area contributed by atoms with Gasteiger partial charge in [-0.3, -0.25) is 0 Å². The molecule has 0 unspecified atom stereocenters. The van der Waals surface area contributed by atoms with Gasteiger partial charge in [-0.05, 0) is 37.6 Å². The van der Waals surface area contributed by atoms with Crippen LogP contribution in [0.3, 0.4) is 0 Å². The second-order valence-corrected chi connectivity index (χ2v) is 7.39. The van der Waals surface area contributed by atoms with Crippen LogP contribution in [-0.2, 0) is 21.4 Å². The Labute approximate surface area is 147 Å². The summed E-state index contributed by atoms with van der Waals surface area (Å²) in [5, 5.41) is 0. The van der Waals surface area contributed by atoms with E-state index in [1.807, 2.05) is 30.3 Å². The molecule has 2 aromatic rings. The summed E-state index contributed by atoms with van der Waals surface area (Å²) in [5.41, 5.74) is 0.986. The molecular formula is C18H21NO5S. The lowest BCUT2D eigenvalue weighted by Gasteiger charge is -2.14. The molecule has 0 saturated heterocycles. The highest BCUT2D eigenvalue weighted by atomic mass is 32.2. The van der Waals surface area contributed by atoms with Crippen LogP contribution >= 0.6 is 0 Å². The van der Waals surface area contributed by atoms with Crippen LogP contribution in [-0.4, -0.2) is 27.5 Å². The quantitative estimate of drug-likeness (QED) is 0.765. The number of benzene rings is 2. The summed E-state index contributed by atoms with van der Waals surface area (Å²) in [4.78, 5) is 12.1. The van der Waals surface area contributed by atoms with Gasteiger partial charge in [-0.15, -0.1) is 0 Å². The highest BCUT2D eigenvalue weighted by Crippen LogP contribution is 2.25. The summed E-state index contributed by atoms with van der Waals surface area (Å²) in [7, 11) is -2.44. The maximum absolute atomic E-state index is 12.4. The number of sulfonamides is 1. The highest BCUT2D eigenvalue weighted by Gasteiger charge is 2.22. The van der Waals surface area contributed by atoms with E-state index in [1.54, 1.807) is 13.8 Å². The monoisotopic (exact) mass is 363 g/mol. The maximum Gasteiger partial charge on any atom is 0.338 e. The van der Waals surface area contributed by atoms with Gasteiger partial charge in [0.2, 0.25) is 10.0 Å². The lowest BCUT2D eigenvalue weighted by molar-refractivity contribution is 0.0472. The molecule has 0 fully saturated rings. The molecule has 0 amide bonds. The molecule has 0 spiro atoms. The van der Waals surface area contributed by atoms with Gasteiger partial charge in [-0.25, -0.2) is 17.9 Å². The number of methoxy groups -OCH3 is 1. The largest absolute Gasteiger partial charge is 0.495 e. The summed E-state index contributed by atoms with van der Waals surface area (Å²) in [6, 6.07) is 13.1. The second kappa shape index (κ2) is 8.13. The Morgan fingerprint density at radius 1 is 1.12 bits per heavy atom. The van der Waals surface area contributed by atoms with Crippen molar-refractivity contribution in [3.63, 3.8) is 0 Å². The normalized spacial score (nSPS) is 11.4. The Kier molecular flexibility index (Phi) is 6.17. The van der Waals surface area contributed by atoms with Crippen molar-refractivity contribution in [1.82, 2.24) is 4.72 Å². The number of hydrogen-bond acceptors (Lipinski definition) is 5. The number of rotatable bonds is 7. The van der Waals surface area contributed by atoms with Crippen LogP contribution in [0.4, 0.5) is 0 Å². The minimum absolute atomic E-state index is 0.0992. The fourth-order valence-corrected chi connectivity index (χ4v) is 3.64. The van der Waals surface area contributed by atoms with Gasteiger partial charge in [-0.2, -0.15) is 0 Å². The minimum Gasteiger partial charge on any atom is -0.495 e. The molecule has 25 heavy (non-hydrogen) atoms. The standard InChI is InChI=1S/C18H21NO5S/c1-13(2)19-25(21,22)17-11-15(9-10-16(17)23-3)18(20)24-12-14-7-5-4-6-8-14/h4-11,13,19H,12H2,1-3H3. The van der Waals surface area contributed by atoms with Crippen molar-refractivity contribution in [3.05, 3.63) is 59.7 Å². The zero-order valence-electron chi connectivity index (χ0n) is 14.4. The summed E-state index contributed by atoms with van der Waals surface area (Å²) in [6.07, 6.45) is 0. The minimum atomic E-state index is -3.81. The third-order valence-corrected chi connectivity index (χ3v) is 4.97. The lowest BCUT2D eigenvalue weighted by atomic mass is 10.2. The molecular weight excluding hydrogens is 342 g/mol. The van der Waals surface area contributed by atoms with Crippen LogP contribution < -0.4 is 9.46 Å². The first-order valence-electron chi connectivity index (χ1n) is 7.75. The van der Waals surface area contributed by atoms with E-state index >= 15 is 0 Å². The molecule has 2 rings (SSSR count). The van der Waals surface area contributed by atoms with Crippen LogP contribution in [0.2, 0.25) is 0 Å². The van der Waals surface area contributed by atoms with E-state index in [0.29, 0.717) is 0 Å². The molecule has 0 saturated carbocycles. The van der Waals surface area contributed by atoms with Crippen molar-refractivity contribution in [2.24, 2.45) is 0 Å². The SMILES string of the molecule is COc1ccc(C(=O)OCc2ccccc2)cc1S(=O)(=O)NC(C)C. The molecule has 0 aliphatic heterocycles. The first-order chi connectivity index (χ1) is 11.8. The Morgan fingerprint density at radius 3 is 2.40 bits per heavy atom. The van der Waals surface area contributed by atoms with E-state index in [1.165, 1.54) is 25.3 Å². The number of carbonyl (C=O) groups is 1. The van der Waals surface area contributed by atoms with E-state index in [9.17, 15) is 13.2 Å². The Balaban J connectivity index is 2.24. The Bertz CT molecular complexity index is 832. The van der Waals surface area contributed by atoms with Gasteiger partial charge in [0.25, 0.3) is 0 Å². The van der Waals surface area contributed by atoms with Crippen LogP contribution in [0, 0.1) is 0 Å². The average molecular weight is 363 g/mol. The van der Waals surface area contributed by atoms with Crippen molar-refractivity contribution >= 4 is 16.0 Å². The molecule has 0 atom stereocenters. The van der Waals surface area contributed by atoms with E-state index in [4.69, 9.17) is 9.47 Å². The van der Waals surface area contributed by atoms with Gasteiger partial charge in [0.05, 0.1) is 12.7 Å². The third-order valence-electron chi connectivity index (χ3n) is 3.29. The molecule has 2 aromatic carbocycles. The molecule has 0 bridgehead atoms. The first-order valence-corrected chi connectivity index (χ1v) is 9.23. The van der Waals surface area contributed by atoms with Crippen molar-refractivity contribution < 1.29 is 22.7 Å². The number of esters is 1. The van der Waals surface area contributed by atoms with Crippen molar-refractivity contribution in [2.75, 3.05) is 7.11 Å². The summed E-state index contributed by atoms with van der Waals surface area (Å²) in [6.45, 7) is 3.53. The van der Waals surface area contributed by atoms with Crippen molar-refractivity contribution in [1.29, 1.82) is 0 Å². The van der Waals surface area contributed by atoms with Gasteiger partial charge in [0, 0.05) is 6.04 Å². The fourth-order valence-electron chi connectivity index (χ4n) is 2.19. The maximum atomic E-state index is 12.4. The summed E-state index contributed by atoms with van der Waals surface area (Å²) >= 11 is 0. The number of ether oxygens (including phenoxy) is 2. The van der Waals surface area contributed by atoms with Crippen molar-refractivity contribution in [2.45, 2.75) is 31.4 Å². The molecule has 0 aliphatic carbocycles. The van der Waals surface area contributed by atoms with Gasteiger partial charge < -0.3 is 9.47 Å². The Hall–Kier alpha value is -2.38. The van der Waals surface area contributed by atoms with E-state index in [0.717, 1.165) is 5.56 Å². The topological polar surface area (TPSA) is 81.7 Å². The lowest BCUT2D eigenvalue weighted by Crippen LogP contribution is -2.30. The van der Waals surface area contributed by atoms with Crippen LogP contribution in [0.5, 0.6) is 5.75 Å². The summed E-state index contributed by atoms with van der Waals surface area (Å²) < 4.78 is 37.7. The predicted octanol–water partition coefficient (Wildman–Crippen LogP) is 2.74.